The number of amides is 1. The maximum Gasteiger partial charge on any atom is 0.401 e. The van der Waals surface area contributed by atoms with Crippen molar-refractivity contribution in [3.8, 4) is 0 Å². The monoisotopic (exact) mass is 316 g/mol. The largest absolute Gasteiger partial charge is 0.465 e. The first-order valence-electron chi connectivity index (χ1n) is 6.57. The highest BCUT2D eigenvalue weighted by Crippen LogP contribution is 2.24. The molecule has 0 atom stereocenters. The van der Waals surface area contributed by atoms with Gasteiger partial charge in [-0.2, -0.15) is 13.2 Å². The molecule has 0 saturated carbocycles. The van der Waals surface area contributed by atoms with Gasteiger partial charge in [-0.1, -0.05) is 0 Å². The number of benzene rings is 1. The van der Waals surface area contributed by atoms with Crippen molar-refractivity contribution >= 4 is 17.6 Å². The van der Waals surface area contributed by atoms with Gasteiger partial charge in [0.15, 0.2) is 0 Å². The minimum Gasteiger partial charge on any atom is -0.465 e. The second-order valence-electron chi connectivity index (χ2n) is 5.06. The van der Waals surface area contributed by atoms with E-state index in [0.29, 0.717) is 11.3 Å². The van der Waals surface area contributed by atoms with E-state index < -0.39 is 24.6 Å². The van der Waals surface area contributed by atoms with E-state index >= 15 is 0 Å². The average molecular weight is 316 g/mol. The molecular formula is C14H15F3N2O3. The molecule has 22 heavy (non-hydrogen) atoms. The number of hydrogen-bond acceptors (Lipinski definition) is 4. The molecule has 5 nitrogen and oxygen atoms in total. The number of methoxy groups -OCH3 is 1. The molecule has 0 aromatic heterocycles. The summed E-state index contributed by atoms with van der Waals surface area (Å²) in [6, 6.07) is 6.07. The zero-order valence-electron chi connectivity index (χ0n) is 11.8. The SMILES string of the molecule is COC(=O)c1ccc(NC(=O)C2CN(CC(F)(F)F)C2)cc1. The van der Waals surface area contributed by atoms with Crippen LogP contribution in [0.2, 0.25) is 0 Å². The number of alkyl halides is 3. The maximum atomic E-state index is 12.2. The average Bonchev–Trinajstić information content (AvgIpc) is 2.41. The van der Waals surface area contributed by atoms with Gasteiger partial charge in [-0.25, -0.2) is 4.79 Å². The number of esters is 1. The molecule has 0 bridgehead atoms. The van der Waals surface area contributed by atoms with E-state index in [-0.39, 0.29) is 19.0 Å². The number of anilines is 1. The highest BCUT2D eigenvalue weighted by Gasteiger charge is 2.39. The van der Waals surface area contributed by atoms with Gasteiger partial charge in [0.05, 0.1) is 25.1 Å². The molecule has 1 fully saturated rings. The standard InChI is InChI=1S/C14H15F3N2O3/c1-22-13(21)9-2-4-11(5-3-9)18-12(20)10-6-19(7-10)8-14(15,16)17/h2-5,10H,6-8H2,1H3,(H,18,20). The molecule has 1 aromatic carbocycles. The summed E-state index contributed by atoms with van der Waals surface area (Å²) in [4.78, 5) is 24.3. The number of carbonyl (C=O) groups excluding carboxylic acids is 2. The molecule has 1 heterocycles. The third kappa shape index (κ3) is 4.20. The number of ether oxygens (including phenoxy) is 1. The Labute approximate surface area is 125 Å². The summed E-state index contributed by atoms with van der Waals surface area (Å²) in [7, 11) is 1.27. The molecule has 8 heteroatoms. The number of carbonyl (C=O) groups is 2. The summed E-state index contributed by atoms with van der Waals surface area (Å²) in [5.74, 6) is -1.27. The van der Waals surface area contributed by atoms with Crippen LogP contribution in [0.1, 0.15) is 10.4 Å². The lowest BCUT2D eigenvalue weighted by Gasteiger charge is -2.38. The van der Waals surface area contributed by atoms with E-state index in [4.69, 9.17) is 0 Å². The number of likely N-dealkylation sites (tertiary alicyclic amines) is 1. The fourth-order valence-electron chi connectivity index (χ4n) is 2.17. The highest BCUT2D eigenvalue weighted by atomic mass is 19.4. The predicted molar refractivity (Wildman–Crippen MR) is 72.4 cm³/mol. The van der Waals surface area contributed by atoms with Gasteiger partial charge in [0.1, 0.15) is 0 Å². The normalized spacial score (nSPS) is 16.0. The Morgan fingerprint density at radius 3 is 2.36 bits per heavy atom. The van der Waals surface area contributed by atoms with Crippen molar-refractivity contribution in [2.75, 3.05) is 32.1 Å². The van der Waals surface area contributed by atoms with Crippen LogP contribution in [0.25, 0.3) is 0 Å². The minimum absolute atomic E-state index is 0.0889. The van der Waals surface area contributed by atoms with Crippen LogP contribution in [0.4, 0.5) is 18.9 Å². The summed E-state index contributed by atoms with van der Waals surface area (Å²) in [6.07, 6.45) is -4.24. The molecule has 1 saturated heterocycles. The van der Waals surface area contributed by atoms with Gasteiger partial charge in [0.2, 0.25) is 5.91 Å². The van der Waals surface area contributed by atoms with Crippen LogP contribution in [-0.2, 0) is 9.53 Å². The van der Waals surface area contributed by atoms with Crippen LogP contribution < -0.4 is 5.32 Å². The summed E-state index contributed by atoms with van der Waals surface area (Å²) in [6.45, 7) is -0.818. The molecule has 1 aliphatic rings. The number of hydrogen-bond donors (Lipinski definition) is 1. The first kappa shape index (κ1) is 16.3. The van der Waals surface area contributed by atoms with Gasteiger partial charge in [0, 0.05) is 18.8 Å². The fourth-order valence-corrected chi connectivity index (χ4v) is 2.17. The Kier molecular flexibility index (Phi) is 4.70. The second-order valence-corrected chi connectivity index (χ2v) is 5.06. The highest BCUT2D eigenvalue weighted by molar-refractivity contribution is 5.94. The van der Waals surface area contributed by atoms with Gasteiger partial charge in [0.25, 0.3) is 0 Å². The van der Waals surface area contributed by atoms with Gasteiger partial charge in [-0.15, -0.1) is 0 Å². The molecular weight excluding hydrogens is 301 g/mol. The molecule has 1 amide bonds. The van der Waals surface area contributed by atoms with Crippen LogP contribution in [0.15, 0.2) is 24.3 Å². The van der Waals surface area contributed by atoms with Gasteiger partial charge in [-0.3, -0.25) is 9.69 Å². The molecule has 1 N–H and O–H groups in total. The van der Waals surface area contributed by atoms with E-state index in [9.17, 15) is 22.8 Å². The predicted octanol–water partition coefficient (Wildman–Crippen LogP) is 1.91. The summed E-state index contributed by atoms with van der Waals surface area (Å²) >= 11 is 0. The minimum atomic E-state index is -4.24. The molecule has 1 aromatic rings. The van der Waals surface area contributed by atoms with Crippen LogP contribution >= 0.6 is 0 Å². The van der Waals surface area contributed by atoms with E-state index in [1.54, 1.807) is 0 Å². The van der Waals surface area contributed by atoms with Crippen molar-refractivity contribution < 1.29 is 27.5 Å². The molecule has 1 aliphatic heterocycles. The van der Waals surface area contributed by atoms with E-state index in [2.05, 4.69) is 10.1 Å². The van der Waals surface area contributed by atoms with Crippen molar-refractivity contribution in [3.05, 3.63) is 29.8 Å². The van der Waals surface area contributed by atoms with Crippen molar-refractivity contribution in [2.45, 2.75) is 6.18 Å². The van der Waals surface area contributed by atoms with Crippen LogP contribution in [0.5, 0.6) is 0 Å². The Morgan fingerprint density at radius 2 is 1.86 bits per heavy atom. The number of halogens is 3. The van der Waals surface area contributed by atoms with E-state index in [1.165, 1.54) is 36.3 Å². The van der Waals surface area contributed by atoms with E-state index in [0.717, 1.165) is 0 Å². The van der Waals surface area contributed by atoms with Crippen molar-refractivity contribution in [3.63, 3.8) is 0 Å². The zero-order valence-corrected chi connectivity index (χ0v) is 11.8. The maximum absolute atomic E-state index is 12.2. The quantitative estimate of drug-likeness (QED) is 0.862. The molecule has 0 radical (unpaired) electrons. The summed E-state index contributed by atoms with van der Waals surface area (Å²) < 4.78 is 41.0. The molecule has 0 spiro atoms. The fraction of sp³-hybridized carbons (Fsp3) is 0.429. The molecule has 0 aliphatic carbocycles. The Bertz CT molecular complexity index is 551. The number of nitrogens with zero attached hydrogens (tertiary/aromatic N) is 1. The lowest BCUT2D eigenvalue weighted by atomic mass is 9.99. The molecule has 0 unspecified atom stereocenters. The van der Waals surface area contributed by atoms with Crippen LogP contribution in [0, 0.1) is 5.92 Å². The van der Waals surface area contributed by atoms with E-state index in [1.807, 2.05) is 0 Å². The Morgan fingerprint density at radius 1 is 1.27 bits per heavy atom. The molecule has 120 valence electrons. The summed E-state index contributed by atoms with van der Waals surface area (Å²) in [5.41, 5.74) is 0.826. The second kappa shape index (κ2) is 6.35. The van der Waals surface area contributed by atoms with Gasteiger partial charge in [-0.05, 0) is 24.3 Å². The van der Waals surface area contributed by atoms with Gasteiger partial charge < -0.3 is 10.1 Å². The van der Waals surface area contributed by atoms with Crippen molar-refractivity contribution in [2.24, 2.45) is 5.92 Å². The molecule has 2 rings (SSSR count). The van der Waals surface area contributed by atoms with Crippen molar-refractivity contribution in [1.82, 2.24) is 4.90 Å². The smallest absolute Gasteiger partial charge is 0.401 e. The van der Waals surface area contributed by atoms with Crippen LogP contribution in [-0.4, -0.2) is 49.7 Å². The lowest BCUT2D eigenvalue weighted by Crippen LogP contribution is -2.54. The summed E-state index contributed by atoms with van der Waals surface area (Å²) in [5, 5.41) is 2.61. The number of nitrogens with one attached hydrogen (secondary N) is 1. The first-order chi connectivity index (χ1) is 10.3. The third-order valence-electron chi connectivity index (χ3n) is 3.30. The Balaban J connectivity index is 1.82. The number of rotatable bonds is 4. The van der Waals surface area contributed by atoms with Gasteiger partial charge >= 0.3 is 12.1 Å². The zero-order chi connectivity index (χ0) is 16.3. The Hall–Kier alpha value is -2.09. The first-order valence-corrected chi connectivity index (χ1v) is 6.57. The topological polar surface area (TPSA) is 58.6 Å². The third-order valence-corrected chi connectivity index (χ3v) is 3.30. The van der Waals surface area contributed by atoms with Crippen molar-refractivity contribution in [1.29, 1.82) is 0 Å². The lowest BCUT2D eigenvalue weighted by molar-refractivity contribution is -0.162. The van der Waals surface area contributed by atoms with Crippen LogP contribution in [0.3, 0.4) is 0 Å².